The van der Waals surface area contributed by atoms with E-state index < -0.39 is 0 Å². The zero-order valence-electron chi connectivity index (χ0n) is 31.5. The Hall–Kier alpha value is -7.49. The van der Waals surface area contributed by atoms with E-state index in [1.807, 2.05) is 18.3 Å². The van der Waals surface area contributed by atoms with Crippen molar-refractivity contribution in [2.75, 3.05) is 11.9 Å². The zero-order valence-corrected chi connectivity index (χ0v) is 31.5. The average Bonchev–Trinajstić information content (AvgIpc) is 3.64. The molecule has 57 heavy (non-hydrogen) atoms. The molecule has 0 fully saturated rings. The van der Waals surface area contributed by atoms with E-state index >= 15 is 0 Å². The standard InChI is InChI=1S/C54H37N3/c1-56(41-20-7-3-8-21-41)53-48-35-39(43-25-15-19-38-34-40(29-30-44(38)43)49-26-13-14-33-55-49)28-31-46(48)54-51(50(53)37-17-5-2-6-18-37)47-32-27-36-16-11-12-24-45(36)52(47)57(54)42-22-9-4-10-23-42/h2-35H,1H3. The van der Waals surface area contributed by atoms with Crippen LogP contribution in [0.3, 0.4) is 0 Å². The second-order valence-electron chi connectivity index (χ2n) is 14.8. The molecule has 268 valence electrons. The molecule has 0 atom stereocenters. The fourth-order valence-corrected chi connectivity index (χ4v) is 9.00. The summed E-state index contributed by atoms with van der Waals surface area (Å²) in [5, 5.41) is 9.73. The first-order valence-electron chi connectivity index (χ1n) is 19.5. The lowest BCUT2D eigenvalue weighted by Crippen LogP contribution is -2.12. The van der Waals surface area contributed by atoms with Gasteiger partial charge in [0.1, 0.15) is 0 Å². The molecule has 0 unspecified atom stereocenters. The van der Waals surface area contributed by atoms with Crippen molar-refractivity contribution in [1.82, 2.24) is 9.55 Å². The van der Waals surface area contributed by atoms with Crippen LogP contribution in [-0.2, 0) is 0 Å². The molecule has 2 aromatic heterocycles. The summed E-state index contributed by atoms with van der Waals surface area (Å²) < 4.78 is 2.52. The number of anilines is 2. The molecule has 11 aromatic rings. The van der Waals surface area contributed by atoms with Crippen LogP contribution in [0.15, 0.2) is 206 Å². The highest BCUT2D eigenvalue weighted by molar-refractivity contribution is 6.32. The first kappa shape index (κ1) is 32.9. The molecule has 2 heterocycles. The van der Waals surface area contributed by atoms with Crippen LogP contribution in [0, 0.1) is 0 Å². The minimum atomic E-state index is 0.975. The number of hydrogen-bond donors (Lipinski definition) is 0. The normalized spacial score (nSPS) is 11.6. The van der Waals surface area contributed by atoms with E-state index in [0.29, 0.717) is 0 Å². The number of pyridine rings is 1. The van der Waals surface area contributed by atoms with E-state index in [-0.39, 0.29) is 0 Å². The first-order chi connectivity index (χ1) is 28.2. The van der Waals surface area contributed by atoms with Crippen LogP contribution >= 0.6 is 0 Å². The minimum absolute atomic E-state index is 0.975. The Morgan fingerprint density at radius 1 is 0.439 bits per heavy atom. The fraction of sp³-hybridized carbons (Fsp3) is 0.0185. The highest BCUT2D eigenvalue weighted by Gasteiger charge is 2.27. The van der Waals surface area contributed by atoms with Gasteiger partial charge in [-0.2, -0.15) is 0 Å². The summed E-state index contributed by atoms with van der Waals surface area (Å²) in [5.41, 5.74) is 12.7. The number of rotatable bonds is 6. The zero-order chi connectivity index (χ0) is 37.9. The lowest BCUT2D eigenvalue weighted by Gasteiger charge is -2.27. The molecule has 0 bridgehead atoms. The third-order valence-corrected chi connectivity index (χ3v) is 11.6. The molecule has 3 heteroatoms. The van der Waals surface area contributed by atoms with E-state index in [9.17, 15) is 0 Å². The molecule has 0 amide bonds. The van der Waals surface area contributed by atoms with E-state index in [2.05, 4.69) is 210 Å². The summed E-state index contributed by atoms with van der Waals surface area (Å²) in [6.45, 7) is 0. The summed E-state index contributed by atoms with van der Waals surface area (Å²) in [6.07, 6.45) is 1.86. The topological polar surface area (TPSA) is 21.1 Å². The maximum absolute atomic E-state index is 4.63. The summed E-state index contributed by atoms with van der Waals surface area (Å²) >= 11 is 0. The summed E-state index contributed by atoms with van der Waals surface area (Å²) in [6, 6.07) is 72.6. The van der Waals surface area contributed by atoms with Crippen molar-refractivity contribution in [3.8, 4) is 39.2 Å². The van der Waals surface area contributed by atoms with Crippen LogP contribution in [0.1, 0.15) is 0 Å². The second kappa shape index (κ2) is 13.4. The van der Waals surface area contributed by atoms with Gasteiger partial charge < -0.3 is 9.47 Å². The highest BCUT2D eigenvalue weighted by Crippen LogP contribution is 2.51. The van der Waals surface area contributed by atoms with Gasteiger partial charge in [0.25, 0.3) is 0 Å². The number of aromatic nitrogens is 2. The number of fused-ring (bicyclic) bond motifs is 8. The van der Waals surface area contributed by atoms with Crippen molar-refractivity contribution in [1.29, 1.82) is 0 Å². The highest BCUT2D eigenvalue weighted by atomic mass is 15.1. The molecule has 3 nitrogen and oxygen atoms in total. The third kappa shape index (κ3) is 5.32. The average molecular weight is 728 g/mol. The van der Waals surface area contributed by atoms with Crippen molar-refractivity contribution in [2.45, 2.75) is 0 Å². The Morgan fingerprint density at radius 2 is 1.12 bits per heavy atom. The van der Waals surface area contributed by atoms with Crippen LogP contribution in [0.5, 0.6) is 0 Å². The Morgan fingerprint density at radius 3 is 1.93 bits per heavy atom. The van der Waals surface area contributed by atoms with Gasteiger partial charge in [0.05, 0.1) is 22.4 Å². The Balaban J connectivity index is 1.31. The van der Waals surface area contributed by atoms with Gasteiger partial charge in [0, 0.05) is 62.7 Å². The molecule has 9 aromatic carbocycles. The Bertz CT molecular complexity index is 3280. The van der Waals surface area contributed by atoms with Crippen molar-refractivity contribution < 1.29 is 0 Å². The van der Waals surface area contributed by atoms with E-state index in [1.54, 1.807) is 0 Å². The van der Waals surface area contributed by atoms with Gasteiger partial charge in [-0.3, -0.25) is 4.98 Å². The number of benzene rings is 9. The Labute approximate surface area is 331 Å². The minimum Gasteiger partial charge on any atom is -0.344 e. The largest absolute Gasteiger partial charge is 0.344 e. The van der Waals surface area contributed by atoms with Crippen molar-refractivity contribution in [3.05, 3.63) is 206 Å². The number of nitrogens with zero attached hydrogens (tertiary/aromatic N) is 3. The maximum Gasteiger partial charge on any atom is 0.0702 e. The number of hydrogen-bond acceptors (Lipinski definition) is 2. The van der Waals surface area contributed by atoms with E-state index in [4.69, 9.17) is 0 Å². The predicted molar refractivity (Wildman–Crippen MR) is 242 cm³/mol. The second-order valence-corrected chi connectivity index (χ2v) is 14.8. The monoisotopic (exact) mass is 727 g/mol. The lowest BCUT2D eigenvalue weighted by molar-refractivity contribution is 1.19. The fourth-order valence-electron chi connectivity index (χ4n) is 9.00. The van der Waals surface area contributed by atoms with Crippen LogP contribution in [0.4, 0.5) is 11.4 Å². The lowest BCUT2D eigenvalue weighted by atomic mass is 9.89. The smallest absolute Gasteiger partial charge is 0.0702 e. The van der Waals surface area contributed by atoms with Gasteiger partial charge in [0.15, 0.2) is 0 Å². The van der Waals surface area contributed by atoms with Crippen molar-refractivity contribution >= 4 is 65.5 Å². The quantitative estimate of drug-likeness (QED) is 0.170. The van der Waals surface area contributed by atoms with Crippen molar-refractivity contribution in [3.63, 3.8) is 0 Å². The van der Waals surface area contributed by atoms with Crippen LogP contribution in [0.2, 0.25) is 0 Å². The molecule has 0 spiro atoms. The van der Waals surface area contributed by atoms with Gasteiger partial charge in [-0.1, -0.05) is 152 Å². The summed E-state index contributed by atoms with van der Waals surface area (Å²) in [7, 11) is 2.22. The van der Waals surface area contributed by atoms with Crippen LogP contribution in [0.25, 0.3) is 93.3 Å². The van der Waals surface area contributed by atoms with Gasteiger partial charge in [-0.25, -0.2) is 0 Å². The summed E-state index contributed by atoms with van der Waals surface area (Å²) in [4.78, 5) is 7.03. The summed E-state index contributed by atoms with van der Waals surface area (Å²) in [5.74, 6) is 0. The third-order valence-electron chi connectivity index (χ3n) is 11.6. The van der Waals surface area contributed by atoms with E-state index in [0.717, 1.165) is 22.6 Å². The van der Waals surface area contributed by atoms with Gasteiger partial charge in [0.2, 0.25) is 0 Å². The SMILES string of the molecule is CN(c1ccccc1)c1c(-c2ccccc2)c2c3ccc4ccccc4c3n(-c3ccccc3)c2c2ccc(-c3cccc4cc(-c5ccccn5)ccc34)cc12. The molecule has 11 rings (SSSR count). The van der Waals surface area contributed by atoms with Crippen LogP contribution in [-0.4, -0.2) is 16.6 Å². The molecule has 0 saturated carbocycles. The first-order valence-corrected chi connectivity index (χ1v) is 19.5. The maximum atomic E-state index is 4.63. The Kier molecular flexibility index (Phi) is 7.71. The molecule has 0 aliphatic heterocycles. The van der Waals surface area contributed by atoms with Gasteiger partial charge in [-0.15, -0.1) is 0 Å². The predicted octanol–water partition coefficient (Wildman–Crippen LogP) is 14.4. The molecule has 0 saturated heterocycles. The molecule has 0 aliphatic carbocycles. The van der Waals surface area contributed by atoms with Crippen LogP contribution < -0.4 is 4.90 Å². The molecular weight excluding hydrogens is 691 g/mol. The van der Waals surface area contributed by atoms with Crippen molar-refractivity contribution in [2.24, 2.45) is 0 Å². The molecule has 0 radical (unpaired) electrons. The molecular formula is C54H37N3. The molecule has 0 N–H and O–H groups in total. The molecule has 0 aliphatic rings. The van der Waals surface area contributed by atoms with Gasteiger partial charge >= 0.3 is 0 Å². The van der Waals surface area contributed by atoms with Gasteiger partial charge in [-0.05, 0) is 81.4 Å². The number of para-hydroxylation sites is 2. The van der Waals surface area contributed by atoms with E-state index in [1.165, 1.54) is 82.1 Å².